The molecule has 0 aliphatic rings. The first-order valence-corrected chi connectivity index (χ1v) is 6.37. The third-order valence-corrected chi connectivity index (χ3v) is 3.15. The Bertz CT molecular complexity index is 677. The van der Waals surface area contributed by atoms with Crippen molar-refractivity contribution in [2.24, 2.45) is 0 Å². The Morgan fingerprint density at radius 1 is 1.32 bits per heavy atom. The van der Waals surface area contributed by atoms with E-state index in [9.17, 15) is 4.79 Å². The van der Waals surface area contributed by atoms with Crippen molar-refractivity contribution in [2.75, 3.05) is 5.32 Å². The minimum atomic E-state index is -0.264. The lowest BCUT2D eigenvalue weighted by atomic mass is 10.3. The van der Waals surface area contributed by atoms with Crippen molar-refractivity contribution in [3.05, 3.63) is 48.0 Å². The molecular formula is C12H9N5OS. The number of carbonyl (C=O) groups excluding carboxylic acids is 1. The van der Waals surface area contributed by atoms with Crippen LogP contribution in [0.5, 0.6) is 0 Å². The Labute approximate surface area is 112 Å². The van der Waals surface area contributed by atoms with Crippen LogP contribution < -0.4 is 5.32 Å². The van der Waals surface area contributed by atoms with Crippen molar-refractivity contribution in [2.45, 2.75) is 0 Å². The van der Waals surface area contributed by atoms with Crippen LogP contribution in [0.4, 0.5) is 5.13 Å². The average Bonchev–Trinajstić information content (AvgIpc) is 3.11. The SMILES string of the molecule is O=C(Nc1nc(-c2ccccn2)cs1)c1cnc[nH]1. The zero-order valence-electron chi connectivity index (χ0n) is 9.70. The van der Waals surface area contributed by atoms with Crippen LogP contribution in [0.15, 0.2) is 42.3 Å². The van der Waals surface area contributed by atoms with E-state index in [-0.39, 0.29) is 5.91 Å². The number of hydrogen-bond acceptors (Lipinski definition) is 5. The van der Waals surface area contributed by atoms with Gasteiger partial charge >= 0.3 is 0 Å². The molecular weight excluding hydrogens is 262 g/mol. The Hall–Kier alpha value is -2.54. The molecule has 3 aromatic rings. The molecule has 3 aromatic heterocycles. The van der Waals surface area contributed by atoms with Crippen LogP contribution in [0.2, 0.25) is 0 Å². The van der Waals surface area contributed by atoms with Crippen molar-refractivity contribution in [3.63, 3.8) is 0 Å². The van der Waals surface area contributed by atoms with Gasteiger partial charge in [-0.25, -0.2) is 9.97 Å². The summed E-state index contributed by atoms with van der Waals surface area (Å²) < 4.78 is 0. The van der Waals surface area contributed by atoms with Crippen LogP contribution in [0, 0.1) is 0 Å². The summed E-state index contributed by atoms with van der Waals surface area (Å²) in [6.07, 6.45) is 4.62. The molecule has 6 nitrogen and oxygen atoms in total. The lowest BCUT2D eigenvalue weighted by molar-refractivity contribution is 0.102. The number of aromatic nitrogens is 4. The highest BCUT2D eigenvalue weighted by Gasteiger charge is 2.10. The lowest BCUT2D eigenvalue weighted by Gasteiger charge is -1.97. The highest BCUT2D eigenvalue weighted by molar-refractivity contribution is 7.14. The topological polar surface area (TPSA) is 83.6 Å². The lowest BCUT2D eigenvalue weighted by Crippen LogP contribution is -2.11. The fraction of sp³-hybridized carbons (Fsp3) is 0. The molecule has 0 unspecified atom stereocenters. The standard InChI is InChI=1S/C12H9N5OS/c18-11(9-5-13-7-15-9)17-12-16-10(6-19-12)8-3-1-2-4-14-8/h1-7H,(H,13,15)(H,16,17,18). The molecule has 2 N–H and O–H groups in total. The number of pyridine rings is 1. The summed E-state index contributed by atoms with van der Waals surface area (Å²) in [5, 5.41) is 5.08. The van der Waals surface area contributed by atoms with Gasteiger partial charge in [0.25, 0.3) is 5.91 Å². The van der Waals surface area contributed by atoms with Gasteiger partial charge in [0.05, 0.1) is 18.2 Å². The summed E-state index contributed by atoms with van der Waals surface area (Å²) in [5.41, 5.74) is 1.92. The van der Waals surface area contributed by atoms with Gasteiger partial charge in [-0.3, -0.25) is 15.1 Å². The number of rotatable bonds is 3. The number of amides is 1. The Kier molecular flexibility index (Phi) is 3.03. The molecule has 19 heavy (non-hydrogen) atoms. The normalized spacial score (nSPS) is 10.3. The second kappa shape index (κ2) is 4.99. The van der Waals surface area contributed by atoms with Gasteiger partial charge in [0.2, 0.25) is 0 Å². The predicted molar refractivity (Wildman–Crippen MR) is 71.9 cm³/mol. The number of nitrogens with one attached hydrogen (secondary N) is 2. The molecule has 94 valence electrons. The molecule has 0 aliphatic carbocycles. The van der Waals surface area contributed by atoms with E-state index in [0.717, 1.165) is 11.4 Å². The molecule has 0 saturated heterocycles. The van der Waals surface area contributed by atoms with Crippen molar-refractivity contribution in [3.8, 4) is 11.4 Å². The van der Waals surface area contributed by atoms with Crippen molar-refractivity contribution in [1.29, 1.82) is 0 Å². The van der Waals surface area contributed by atoms with E-state index in [2.05, 4.69) is 25.3 Å². The third kappa shape index (κ3) is 2.50. The van der Waals surface area contributed by atoms with E-state index in [1.165, 1.54) is 23.9 Å². The zero-order chi connectivity index (χ0) is 13.1. The number of hydrogen-bond donors (Lipinski definition) is 2. The number of imidazole rings is 1. The maximum atomic E-state index is 11.8. The molecule has 7 heteroatoms. The van der Waals surface area contributed by atoms with Gasteiger partial charge in [0.15, 0.2) is 5.13 Å². The van der Waals surface area contributed by atoms with E-state index in [1.807, 2.05) is 23.6 Å². The monoisotopic (exact) mass is 271 g/mol. The van der Waals surface area contributed by atoms with Gasteiger partial charge in [-0.2, -0.15) is 0 Å². The summed E-state index contributed by atoms with van der Waals surface area (Å²) >= 11 is 1.35. The maximum Gasteiger partial charge on any atom is 0.275 e. The van der Waals surface area contributed by atoms with Crippen LogP contribution in [-0.4, -0.2) is 25.8 Å². The molecule has 0 radical (unpaired) electrons. The van der Waals surface area contributed by atoms with E-state index < -0.39 is 0 Å². The summed E-state index contributed by atoms with van der Waals surface area (Å²) in [4.78, 5) is 26.8. The van der Waals surface area contributed by atoms with Crippen LogP contribution in [0.1, 0.15) is 10.5 Å². The molecule has 3 rings (SSSR count). The maximum absolute atomic E-state index is 11.8. The number of aromatic amines is 1. The van der Waals surface area contributed by atoms with Gasteiger partial charge in [-0.05, 0) is 12.1 Å². The second-order valence-electron chi connectivity index (χ2n) is 3.67. The fourth-order valence-corrected chi connectivity index (χ4v) is 2.21. The van der Waals surface area contributed by atoms with Gasteiger partial charge in [0.1, 0.15) is 11.4 Å². The van der Waals surface area contributed by atoms with E-state index in [0.29, 0.717) is 10.8 Å². The highest BCUT2D eigenvalue weighted by Crippen LogP contribution is 2.23. The van der Waals surface area contributed by atoms with Gasteiger partial charge in [-0.15, -0.1) is 11.3 Å². The smallest absolute Gasteiger partial charge is 0.275 e. The van der Waals surface area contributed by atoms with Crippen LogP contribution in [0.25, 0.3) is 11.4 Å². The molecule has 0 bridgehead atoms. The van der Waals surface area contributed by atoms with Gasteiger partial charge < -0.3 is 4.98 Å². The highest BCUT2D eigenvalue weighted by atomic mass is 32.1. The Morgan fingerprint density at radius 2 is 2.26 bits per heavy atom. The largest absolute Gasteiger partial charge is 0.341 e. The summed E-state index contributed by atoms with van der Waals surface area (Å²) in [6, 6.07) is 5.61. The fourth-order valence-electron chi connectivity index (χ4n) is 1.51. The third-order valence-electron chi connectivity index (χ3n) is 2.39. The molecule has 0 saturated carbocycles. The van der Waals surface area contributed by atoms with Crippen LogP contribution >= 0.6 is 11.3 Å². The summed E-state index contributed by atoms with van der Waals surface area (Å²) in [5.74, 6) is -0.264. The van der Waals surface area contributed by atoms with E-state index in [4.69, 9.17) is 0 Å². The van der Waals surface area contributed by atoms with Crippen molar-refractivity contribution < 1.29 is 4.79 Å². The first-order chi connectivity index (χ1) is 9.33. The number of carbonyl (C=O) groups is 1. The van der Waals surface area contributed by atoms with E-state index >= 15 is 0 Å². The second-order valence-corrected chi connectivity index (χ2v) is 4.53. The molecule has 0 atom stereocenters. The zero-order valence-corrected chi connectivity index (χ0v) is 10.5. The number of anilines is 1. The van der Waals surface area contributed by atoms with Crippen LogP contribution in [0.3, 0.4) is 0 Å². The summed E-state index contributed by atoms with van der Waals surface area (Å²) in [7, 11) is 0. The molecule has 0 fully saturated rings. The Morgan fingerprint density at radius 3 is 3.00 bits per heavy atom. The Balaban J connectivity index is 1.77. The van der Waals surface area contributed by atoms with E-state index in [1.54, 1.807) is 6.20 Å². The van der Waals surface area contributed by atoms with Gasteiger partial charge in [0, 0.05) is 11.6 Å². The minimum absolute atomic E-state index is 0.264. The minimum Gasteiger partial charge on any atom is -0.341 e. The van der Waals surface area contributed by atoms with Gasteiger partial charge in [-0.1, -0.05) is 6.07 Å². The molecule has 3 heterocycles. The number of nitrogens with zero attached hydrogens (tertiary/aromatic N) is 3. The number of H-pyrrole nitrogens is 1. The first-order valence-electron chi connectivity index (χ1n) is 5.49. The van der Waals surface area contributed by atoms with Crippen LogP contribution in [-0.2, 0) is 0 Å². The number of thiazole rings is 1. The molecule has 0 spiro atoms. The predicted octanol–water partition coefficient (Wildman–Crippen LogP) is 2.18. The quantitative estimate of drug-likeness (QED) is 0.764. The molecule has 1 amide bonds. The molecule has 0 aliphatic heterocycles. The summed E-state index contributed by atoms with van der Waals surface area (Å²) in [6.45, 7) is 0. The van der Waals surface area contributed by atoms with Crippen molar-refractivity contribution in [1.82, 2.24) is 19.9 Å². The first kappa shape index (κ1) is 11.5. The van der Waals surface area contributed by atoms with Crippen molar-refractivity contribution >= 4 is 22.4 Å². The molecule has 0 aromatic carbocycles. The average molecular weight is 271 g/mol.